The molecule has 4 heterocycles. The van der Waals surface area contributed by atoms with E-state index in [1.54, 1.807) is 0 Å². The third-order valence-corrected chi connectivity index (χ3v) is 6.15. The fourth-order valence-corrected chi connectivity index (χ4v) is 4.55. The molecule has 1 saturated heterocycles. The molecule has 2 aromatic heterocycles. The minimum Gasteiger partial charge on any atom is -0.356 e. The van der Waals surface area contributed by atoms with Gasteiger partial charge in [0.2, 0.25) is 0 Å². The summed E-state index contributed by atoms with van der Waals surface area (Å²) in [5.41, 5.74) is 3.33. The number of fused-ring (bicyclic) bond motifs is 3. The second kappa shape index (κ2) is 7.33. The monoisotopic (exact) mass is 396 g/mol. The topological polar surface area (TPSA) is 49.6 Å². The molecule has 0 unspecified atom stereocenters. The normalized spacial score (nSPS) is 17.0. The van der Waals surface area contributed by atoms with Gasteiger partial charge in [-0.2, -0.15) is 9.50 Å². The molecule has 0 spiro atoms. The van der Waals surface area contributed by atoms with E-state index in [1.165, 1.54) is 50.3 Å². The molecule has 0 aliphatic carbocycles. The molecule has 1 fully saturated rings. The van der Waals surface area contributed by atoms with Crippen LogP contribution in [0.1, 0.15) is 30.5 Å². The van der Waals surface area contributed by atoms with Crippen molar-refractivity contribution in [2.24, 2.45) is 0 Å². The maximum atomic E-state index is 6.02. The minimum atomic E-state index is 0.674. The number of anilines is 1. The molecule has 0 saturated carbocycles. The van der Waals surface area contributed by atoms with Gasteiger partial charge in [-0.3, -0.25) is 0 Å². The van der Waals surface area contributed by atoms with Crippen LogP contribution in [0.25, 0.3) is 17.2 Å². The van der Waals surface area contributed by atoms with Gasteiger partial charge in [0.05, 0.1) is 0 Å². The van der Waals surface area contributed by atoms with E-state index in [0.29, 0.717) is 16.6 Å². The van der Waals surface area contributed by atoms with Crippen molar-refractivity contribution in [2.45, 2.75) is 32.6 Å². The molecular formula is C21H25ClN6. The highest BCUT2D eigenvalue weighted by molar-refractivity contribution is 6.30. The average Bonchev–Trinajstić information content (AvgIpc) is 3.42. The van der Waals surface area contributed by atoms with E-state index in [0.717, 1.165) is 30.8 Å². The van der Waals surface area contributed by atoms with Crippen molar-refractivity contribution in [3.63, 3.8) is 0 Å². The quantitative estimate of drug-likeness (QED) is 0.659. The lowest BCUT2D eigenvalue weighted by atomic mass is 10.2. The molecule has 146 valence electrons. The maximum absolute atomic E-state index is 6.02. The van der Waals surface area contributed by atoms with E-state index in [2.05, 4.69) is 16.7 Å². The van der Waals surface area contributed by atoms with Crippen LogP contribution in [0.4, 0.5) is 5.82 Å². The van der Waals surface area contributed by atoms with Crippen LogP contribution in [-0.2, 0) is 6.42 Å². The van der Waals surface area contributed by atoms with Gasteiger partial charge in [0.25, 0.3) is 5.78 Å². The summed E-state index contributed by atoms with van der Waals surface area (Å²) in [4.78, 5) is 14.5. The van der Waals surface area contributed by atoms with Crippen molar-refractivity contribution in [3.8, 4) is 11.4 Å². The number of hydrogen-bond acceptors (Lipinski definition) is 5. The second-order valence-electron chi connectivity index (χ2n) is 7.79. The number of likely N-dealkylation sites (tertiary alicyclic amines) is 1. The van der Waals surface area contributed by atoms with Crippen molar-refractivity contribution in [1.29, 1.82) is 0 Å². The summed E-state index contributed by atoms with van der Waals surface area (Å²) in [6.07, 6.45) is 4.92. The van der Waals surface area contributed by atoms with Crippen LogP contribution in [0.5, 0.6) is 0 Å². The molecule has 0 bridgehead atoms. The molecule has 7 heteroatoms. The Kier molecular flexibility index (Phi) is 4.69. The van der Waals surface area contributed by atoms with Gasteiger partial charge in [0.1, 0.15) is 5.82 Å². The van der Waals surface area contributed by atoms with E-state index in [-0.39, 0.29) is 0 Å². The summed E-state index contributed by atoms with van der Waals surface area (Å²) in [6.45, 7) is 7.88. The molecule has 2 aliphatic heterocycles. The van der Waals surface area contributed by atoms with Crippen LogP contribution >= 0.6 is 11.6 Å². The molecule has 0 N–H and O–H groups in total. The first kappa shape index (κ1) is 17.9. The third-order valence-electron chi connectivity index (χ3n) is 5.90. The van der Waals surface area contributed by atoms with Crippen molar-refractivity contribution < 1.29 is 0 Å². The lowest BCUT2D eigenvalue weighted by Crippen LogP contribution is -2.28. The molecule has 6 nitrogen and oxygen atoms in total. The fourth-order valence-electron chi connectivity index (χ4n) is 4.43. The van der Waals surface area contributed by atoms with Crippen LogP contribution in [0.3, 0.4) is 0 Å². The summed E-state index contributed by atoms with van der Waals surface area (Å²) >= 11 is 6.02. The molecule has 3 aromatic rings. The van der Waals surface area contributed by atoms with Crippen LogP contribution in [0.2, 0.25) is 5.02 Å². The highest BCUT2D eigenvalue weighted by Gasteiger charge is 2.27. The van der Waals surface area contributed by atoms with E-state index in [4.69, 9.17) is 26.7 Å². The molecule has 2 aliphatic rings. The van der Waals surface area contributed by atoms with E-state index in [9.17, 15) is 0 Å². The Morgan fingerprint density at radius 1 is 1.00 bits per heavy atom. The highest BCUT2D eigenvalue weighted by Crippen LogP contribution is 2.31. The number of halogens is 1. The summed E-state index contributed by atoms with van der Waals surface area (Å²) in [5.74, 6) is 2.55. The molecule has 1 aromatic carbocycles. The number of aryl methyl sites for hydroxylation is 1. The summed E-state index contributed by atoms with van der Waals surface area (Å²) < 4.78 is 1.94. The van der Waals surface area contributed by atoms with E-state index < -0.39 is 0 Å². The number of hydrogen-bond donors (Lipinski definition) is 0. The molecule has 0 atom stereocenters. The minimum absolute atomic E-state index is 0.674. The van der Waals surface area contributed by atoms with Crippen LogP contribution in [0.15, 0.2) is 24.3 Å². The summed E-state index contributed by atoms with van der Waals surface area (Å²) in [5, 5.41) is 5.52. The zero-order valence-electron chi connectivity index (χ0n) is 16.2. The third kappa shape index (κ3) is 3.25. The average molecular weight is 397 g/mol. The molecular weight excluding hydrogens is 372 g/mol. The molecule has 0 radical (unpaired) electrons. The zero-order chi connectivity index (χ0) is 19.1. The largest absolute Gasteiger partial charge is 0.356 e. The van der Waals surface area contributed by atoms with Crippen LogP contribution in [-0.4, -0.2) is 57.2 Å². The van der Waals surface area contributed by atoms with Crippen molar-refractivity contribution in [2.75, 3.05) is 37.6 Å². The first-order chi connectivity index (χ1) is 13.7. The Labute approximate surface area is 170 Å². The Balaban J connectivity index is 1.44. The van der Waals surface area contributed by atoms with E-state index >= 15 is 0 Å². The Morgan fingerprint density at radius 2 is 1.79 bits per heavy atom. The van der Waals surface area contributed by atoms with Crippen molar-refractivity contribution in [1.82, 2.24) is 24.5 Å². The van der Waals surface area contributed by atoms with Gasteiger partial charge in [0, 0.05) is 34.9 Å². The van der Waals surface area contributed by atoms with Gasteiger partial charge in [-0.15, -0.1) is 5.10 Å². The van der Waals surface area contributed by atoms with Crippen molar-refractivity contribution in [3.05, 3.63) is 40.5 Å². The SMILES string of the molecule is Cc1nc2nc(-c3ccc(Cl)cc3)nn2c2c1CCN2CCCN1CCCC1. The highest BCUT2D eigenvalue weighted by atomic mass is 35.5. The maximum Gasteiger partial charge on any atom is 0.254 e. The fraction of sp³-hybridized carbons (Fsp3) is 0.476. The number of rotatable bonds is 5. The van der Waals surface area contributed by atoms with Gasteiger partial charge >= 0.3 is 0 Å². The summed E-state index contributed by atoms with van der Waals surface area (Å²) in [6, 6.07) is 7.66. The molecule has 0 amide bonds. The Morgan fingerprint density at radius 3 is 2.57 bits per heavy atom. The lowest BCUT2D eigenvalue weighted by Gasteiger charge is -2.22. The number of benzene rings is 1. The molecule has 28 heavy (non-hydrogen) atoms. The predicted molar refractivity (Wildman–Crippen MR) is 112 cm³/mol. The van der Waals surface area contributed by atoms with E-state index in [1.807, 2.05) is 28.8 Å². The second-order valence-corrected chi connectivity index (χ2v) is 8.23. The smallest absolute Gasteiger partial charge is 0.254 e. The van der Waals surface area contributed by atoms with Gasteiger partial charge < -0.3 is 9.80 Å². The standard InChI is InChI=1S/C21H25ClN6/c1-15-18-9-14-27(13-4-12-26-10-2-3-11-26)20(18)28-21(23-15)24-19(25-28)16-5-7-17(22)8-6-16/h5-8H,2-4,9-14H2,1H3. The Hall–Kier alpha value is -2.18. The van der Waals surface area contributed by atoms with Crippen LogP contribution < -0.4 is 4.90 Å². The first-order valence-electron chi connectivity index (χ1n) is 10.2. The lowest BCUT2D eigenvalue weighted by molar-refractivity contribution is 0.334. The van der Waals surface area contributed by atoms with Crippen molar-refractivity contribution >= 4 is 23.2 Å². The van der Waals surface area contributed by atoms with Gasteiger partial charge in [-0.25, -0.2) is 4.98 Å². The zero-order valence-corrected chi connectivity index (χ0v) is 17.0. The van der Waals surface area contributed by atoms with Gasteiger partial charge in [-0.1, -0.05) is 11.6 Å². The van der Waals surface area contributed by atoms with Gasteiger partial charge in [0.15, 0.2) is 5.82 Å². The van der Waals surface area contributed by atoms with Crippen LogP contribution in [0, 0.1) is 6.92 Å². The first-order valence-corrected chi connectivity index (χ1v) is 10.6. The molecule has 5 rings (SSSR count). The Bertz CT molecular complexity index is 990. The summed E-state index contributed by atoms with van der Waals surface area (Å²) in [7, 11) is 0. The number of nitrogens with zero attached hydrogens (tertiary/aromatic N) is 6. The van der Waals surface area contributed by atoms with Gasteiger partial charge in [-0.05, 0) is 76.5 Å². The predicted octanol–water partition coefficient (Wildman–Crippen LogP) is 3.60. The number of aromatic nitrogens is 4.